The van der Waals surface area contributed by atoms with Crippen LogP contribution in [0.15, 0.2) is 18.2 Å². The number of aromatic nitrogens is 1. The Morgan fingerprint density at radius 2 is 2.06 bits per heavy atom. The van der Waals surface area contributed by atoms with Gasteiger partial charge in [0.15, 0.2) is 5.13 Å². The van der Waals surface area contributed by atoms with Gasteiger partial charge in [-0.2, -0.15) is 0 Å². The van der Waals surface area contributed by atoms with Crippen molar-refractivity contribution >= 4 is 22.0 Å². The summed E-state index contributed by atoms with van der Waals surface area (Å²) in [6.07, 6.45) is 7.33. The van der Waals surface area contributed by atoms with E-state index in [0.29, 0.717) is 5.13 Å². The molecule has 0 atom stereocenters. The zero-order chi connectivity index (χ0) is 12.6. The molecule has 0 aliphatic heterocycles. The Balaban J connectivity index is 0.00000106. The van der Waals surface area contributed by atoms with Crippen LogP contribution >= 0.6 is 11.3 Å². The van der Waals surface area contributed by atoms with Gasteiger partial charge in [-0.15, -0.1) is 11.3 Å². The number of anilines is 1. The van der Waals surface area contributed by atoms with Gasteiger partial charge in [-0.25, -0.2) is 4.98 Å². The maximum absolute atomic E-state index is 5.66. The number of nitrogens with two attached hydrogens (primary N) is 1. The highest BCUT2D eigenvalue weighted by Crippen LogP contribution is 2.26. The lowest BCUT2D eigenvalue weighted by molar-refractivity contribution is 1.22. The van der Waals surface area contributed by atoms with E-state index in [1.54, 1.807) is 0 Å². The smallest absolute Gasteiger partial charge is 0.180 e. The van der Waals surface area contributed by atoms with Gasteiger partial charge in [0.05, 0.1) is 5.69 Å². The molecule has 2 nitrogen and oxygen atoms in total. The summed E-state index contributed by atoms with van der Waals surface area (Å²) < 4.78 is 0. The van der Waals surface area contributed by atoms with Gasteiger partial charge in [-0.3, -0.25) is 0 Å². The Kier molecular flexibility index (Phi) is 7.56. The Morgan fingerprint density at radius 1 is 1.44 bits per heavy atom. The summed E-state index contributed by atoms with van der Waals surface area (Å²) in [7, 11) is 0. The van der Waals surface area contributed by atoms with E-state index in [0.717, 1.165) is 17.7 Å². The van der Waals surface area contributed by atoms with Gasteiger partial charge in [-0.05, 0) is 25.8 Å². The lowest BCUT2D eigenvalue weighted by Gasteiger charge is -1.97. The van der Waals surface area contributed by atoms with Crippen LogP contribution in [0, 0.1) is 6.92 Å². The minimum atomic E-state index is 0.641. The maximum Gasteiger partial charge on any atom is 0.180 e. The van der Waals surface area contributed by atoms with Crippen molar-refractivity contribution in [2.45, 2.75) is 41.0 Å². The number of hydrogen-bond acceptors (Lipinski definition) is 3. The van der Waals surface area contributed by atoms with Gasteiger partial charge >= 0.3 is 0 Å². The van der Waals surface area contributed by atoms with Crippen LogP contribution in [-0.4, -0.2) is 4.98 Å². The monoisotopic (exact) mass is 238 g/mol. The van der Waals surface area contributed by atoms with Gasteiger partial charge in [0.2, 0.25) is 0 Å². The van der Waals surface area contributed by atoms with E-state index < -0.39 is 0 Å². The summed E-state index contributed by atoms with van der Waals surface area (Å²) in [6, 6.07) is 0. The van der Waals surface area contributed by atoms with E-state index >= 15 is 0 Å². The molecule has 0 amide bonds. The van der Waals surface area contributed by atoms with Crippen LogP contribution in [0.5, 0.6) is 0 Å². The minimum Gasteiger partial charge on any atom is -0.375 e. The number of aryl methyl sites for hydroxylation is 1. The largest absolute Gasteiger partial charge is 0.375 e. The topological polar surface area (TPSA) is 38.9 Å². The Labute approximate surface area is 103 Å². The molecule has 16 heavy (non-hydrogen) atoms. The molecule has 0 spiro atoms. The van der Waals surface area contributed by atoms with Crippen molar-refractivity contribution in [2.75, 3.05) is 5.73 Å². The molecule has 0 bridgehead atoms. The number of thiazole rings is 1. The van der Waals surface area contributed by atoms with E-state index in [9.17, 15) is 0 Å². The predicted octanol–water partition coefficient (Wildman–Crippen LogP) is 4.43. The summed E-state index contributed by atoms with van der Waals surface area (Å²) >= 11 is 1.54. The van der Waals surface area contributed by atoms with Crippen molar-refractivity contribution in [2.24, 2.45) is 0 Å². The van der Waals surface area contributed by atoms with Crippen LogP contribution in [0.1, 0.15) is 44.7 Å². The molecule has 0 aliphatic rings. The molecule has 90 valence electrons. The molecule has 0 fully saturated rings. The predicted molar refractivity (Wildman–Crippen MR) is 75.7 cm³/mol. The fourth-order valence-electron chi connectivity index (χ4n) is 1.24. The second-order valence-corrected chi connectivity index (χ2v) is 4.25. The molecule has 0 aromatic carbocycles. The van der Waals surface area contributed by atoms with Crippen LogP contribution in [0.3, 0.4) is 0 Å². The molecule has 0 saturated carbocycles. The fourth-order valence-corrected chi connectivity index (χ4v) is 1.95. The molecule has 0 saturated heterocycles. The highest BCUT2D eigenvalue weighted by Gasteiger charge is 2.07. The summed E-state index contributed by atoms with van der Waals surface area (Å²) in [5.41, 5.74) is 7.82. The van der Waals surface area contributed by atoms with Crippen molar-refractivity contribution in [1.29, 1.82) is 0 Å². The number of nitrogens with zero attached hydrogens (tertiary/aromatic N) is 1. The van der Waals surface area contributed by atoms with E-state index in [2.05, 4.69) is 30.1 Å². The first kappa shape index (κ1) is 14.9. The number of allylic oxidation sites excluding steroid dienone is 4. The van der Waals surface area contributed by atoms with Gasteiger partial charge in [-0.1, -0.05) is 39.0 Å². The number of hydrogen-bond donors (Lipinski definition) is 1. The molecule has 0 unspecified atom stereocenters. The first-order valence-electron chi connectivity index (χ1n) is 5.75. The normalized spacial score (nSPS) is 11.4. The summed E-state index contributed by atoms with van der Waals surface area (Å²) in [4.78, 5) is 5.49. The molecule has 1 aromatic rings. The highest BCUT2D eigenvalue weighted by molar-refractivity contribution is 7.15. The maximum atomic E-state index is 5.66. The molecule has 1 heterocycles. The quantitative estimate of drug-likeness (QED) is 0.791. The lowest BCUT2D eigenvalue weighted by Crippen LogP contribution is -1.86. The zero-order valence-corrected chi connectivity index (χ0v) is 11.7. The molecule has 3 heteroatoms. The van der Waals surface area contributed by atoms with Gasteiger partial charge < -0.3 is 5.73 Å². The molecular weight excluding hydrogens is 216 g/mol. The molecule has 1 rings (SSSR count). The summed E-state index contributed by atoms with van der Waals surface area (Å²) in [5.74, 6) is 0. The third-order valence-electron chi connectivity index (χ3n) is 1.93. The van der Waals surface area contributed by atoms with E-state index in [-0.39, 0.29) is 0 Å². The van der Waals surface area contributed by atoms with Crippen molar-refractivity contribution < 1.29 is 0 Å². The van der Waals surface area contributed by atoms with Crippen molar-refractivity contribution in [3.8, 4) is 0 Å². The van der Waals surface area contributed by atoms with Crippen LogP contribution in [-0.2, 0) is 0 Å². The SMILES string of the molecule is C/C=C(\C=C/CC)c1nc(N)sc1C.CC. The molecule has 1 aromatic heterocycles. The first-order valence-corrected chi connectivity index (χ1v) is 6.56. The van der Waals surface area contributed by atoms with E-state index in [1.807, 2.05) is 27.7 Å². The van der Waals surface area contributed by atoms with Crippen molar-refractivity contribution in [3.63, 3.8) is 0 Å². The third kappa shape index (κ3) is 4.19. The van der Waals surface area contributed by atoms with Crippen LogP contribution in [0.4, 0.5) is 5.13 Å². The van der Waals surface area contributed by atoms with Crippen LogP contribution in [0.25, 0.3) is 5.57 Å². The first-order chi connectivity index (χ1) is 7.69. The van der Waals surface area contributed by atoms with E-state index in [1.165, 1.54) is 16.2 Å². The fraction of sp³-hybridized carbons (Fsp3) is 0.462. The molecule has 0 aliphatic carbocycles. The average molecular weight is 238 g/mol. The lowest BCUT2D eigenvalue weighted by atomic mass is 10.1. The second kappa shape index (κ2) is 8.11. The second-order valence-electron chi connectivity index (χ2n) is 3.01. The molecular formula is C13H22N2S. The van der Waals surface area contributed by atoms with Gasteiger partial charge in [0.1, 0.15) is 0 Å². The van der Waals surface area contributed by atoms with Crippen molar-refractivity contribution in [3.05, 3.63) is 28.8 Å². The van der Waals surface area contributed by atoms with Crippen LogP contribution in [0.2, 0.25) is 0 Å². The summed E-state index contributed by atoms with van der Waals surface area (Å²) in [5, 5.41) is 0.641. The van der Waals surface area contributed by atoms with Crippen LogP contribution < -0.4 is 5.73 Å². The highest BCUT2D eigenvalue weighted by atomic mass is 32.1. The minimum absolute atomic E-state index is 0.641. The Morgan fingerprint density at radius 3 is 2.44 bits per heavy atom. The number of rotatable bonds is 3. The van der Waals surface area contributed by atoms with Crippen molar-refractivity contribution in [1.82, 2.24) is 4.98 Å². The Bertz CT molecular complexity index is 362. The number of nitrogen functional groups attached to an aromatic ring is 1. The summed E-state index contributed by atoms with van der Waals surface area (Å²) in [6.45, 7) is 10.2. The molecule has 0 radical (unpaired) electrons. The van der Waals surface area contributed by atoms with Gasteiger partial charge in [0.25, 0.3) is 0 Å². The standard InChI is InChI=1S/C11H16N2S.C2H6/c1-4-6-7-9(5-2)10-8(3)14-11(12)13-10;1-2/h5-7H,4H2,1-3H3,(H2,12,13);1-2H3/b7-6-,9-5+;. The van der Waals surface area contributed by atoms with Gasteiger partial charge in [0, 0.05) is 4.88 Å². The third-order valence-corrected chi connectivity index (χ3v) is 2.73. The molecule has 2 N–H and O–H groups in total. The van der Waals surface area contributed by atoms with E-state index in [4.69, 9.17) is 5.73 Å². The average Bonchev–Trinajstić information content (AvgIpc) is 2.62. The zero-order valence-electron chi connectivity index (χ0n) is 10.9. The Hall–Kier alpha value is -1.09.